The Labute approximate surface area is 171 Å². The molecule has 0 heterocycles. The minimum atomic E-state index is -3.60. The third kappa shape index (κ3) is 6.52. The van der Waals surface area contributed by atoms with Crippen LogP contribution in [0.2, 0.25) is 0 Å². The van der Waals surface area contributed by atoms with Crippen molar-refractivity contribution < 1.29 is 22.3 Å². The number of ether oxygens (including phenoxy) is 1. The molecule has 0 fully saturated rings. The molecule has 2 rings (SSSR count). The fourth-order valence-electron chi connectivity index (χ4n) is 2.53. The molecule has 0 atom stereocenters. The second kappa shape index (κ2) is 9.82. The van der Waals surface area contributed by atoms with Crippen LogP contribution in [0.3, 0.4) is 0 Å². The predicted octanol–water partition coefficient (Wildman–Crippen LogP) is 2.33. The van der Waals surface area contributed by atoms with Gasteiger partial charge in [-0.2, -0.15) is 0 Å². The molecule has 9 heteroatoms. The van der Waals surface area contributed by atoms with Crippen molar-refractivity contribution in [2.45, 2.75) is 11.8 Å². The van der Waals surface area contributed by atoms with E-state index in [1.807, 2.05) is 0 Å². The average molecular weight is 424 g/mol. The molecule has 0 aliphatic heterocycles. The topological polar surface area (TPSA) is 79.0 Å². The number of carbonyl (C=O) groups excluding carboxylic acids is 1. The standard InChI is InChI=1S/C20H26FN3O4S/c1-15-5-8-17(13-19(15)29(26,27)23(2)3)22-20(25)14-24(4)11-12-28-18-9-6-16(21)7-10-18/h5-10,13H,11-12,14H2,1-4H3,(H,22,25). The summed E-state index contributed by atoms with van der Waals surface area (Å²) in [7, 11) is 1.09. The van der Waals surface area contributed by atoms with Gasteiger partial charge in [-0.3, -0.25) is 9.69 Å². The number of halogens is 1. The maximum Gasteiger partial charge on any atom is 0.242 e. The highest BCUT2D eigenvalue weighted by Crippen LogP contribution is 2.22. The van der Waals surface area contributed by atoms with Gasteiger partial charge in [0.1, 0.15) is 18.2 Å². The second-order valence-electron chi connectivity index (χ2n) is 6.86. The monoisotopic (exact) mass is 423 g/mol. The van der Waals surface area contributed by atoms with Crippen molar-refractivity contribution in [1.29, 1.82) is 0 Å². The first-order chi connectivity index (χ1) is 13.6. The average Bonchev–Trinajstić information content (AvgIpc) is 2.64. The van der Waals surface area contributed by atoms with Crippen molar-refractivity contribution in [3.8, 4) is 5.75 Å². The highest BCUT2D eigenvalue weighted by Gasteiger charge is 2.20. The van der Waals surface area contributed by atoms with Crippen LogP contribution >= 0.6 is 0 Å². The zero-order valence-corrected chi connectivity index (χ0v) is 17.8. The van der Waals surface area contributed by atoms with E-state index in [9.17, 15) is 17.6 Å². The number of hydrogen-bond donors (Lipinski definition) is 1. The number of rotatable bonds is 9. The summed E-state index contributed by atoms with van der Waals surface area (Å²) in [6.07, 6.45) is 0. The Morgan fingerprint density at radius 3 is 2.38 bits per heavy atom. The minimum absolute atomic E-state index is 0.108. The molecule has 0 saturated heterocycles. The van der Waals surface area contributed by atoms with Crippen molar-refractivity contribution in [3.05, 3.63) is 53.8 Å². The number of anilines is 1. The molecular weight excluding hydrogens is 397 g/mol. The first kappa shape index (κ1) is 22.8. The smallest absolute Gasteiger partial charge is 0.242 e. The number of likely N-dealkylation sites (N-methyl/N-ethyl adjacent to an activating group) is 1. The number of nitrogens with one attached hydrogen (secondary N) is 1. The number of nitrogens with zero attached hydrogens (tertiary/aromatic N) is 2. The molecule has 0 spiro atoms. The van der Waals surface area contributed by atoms with E-state index in [4.69, 9.17) is 4.74 Å². The van der Waals surface area contributed by atoms with E-state index in [0.29, 0.717) is 30.2 Å². The zero-order valence-electron chi connectivity index (χ0n) is 17.0. The first-order valence-corrected chi connectivity index (χ1v) is 10.4. The lowest BCUT2D eigenvalue weighted by Gasteiger charge is -2.18. The van der Waals surface area contributed by atoms with E-state index in [1.165, 1.54) is 32.3 Å². The number of amides is 1. The van der Waals surface area contributed by atoms with E-state index >= 15 is 0 Å². The molecule has 0 radical (unpaired) electrons. The molecule has 0 aliphatic carbocycles. The number of aryl methyl sites for hydroxylation is 1. The van der Waals surface area contributed by atoms with Crippen molar-refractivity contribution in [1.82, 2.24) is 9.21 Å². The fraction of sp³-hybridized carbons (Fsp3) is 0.350. The summed E-state index contributed by atoms with van der Waals surface area (Å²) >= 11 is 0. The third-order valence-electron chi connectivity index (χ3n) is 4.20. The largest absolute Gasteiger partial charge is 0.492 e. The minimum Gasteiger partial charge on any atom is -0.492 e. The third-order valence-corrected chi connectivity index (χ3v) is 6.16. The molecule has 2 aromatic carbocycles. The Hall–Kier alpha value is -2.49. The highest BCUT2D eigenvalue weighted by atomic mass is 32.2. The van der Waals surface area contributed by atoms with Gasteiger partial charge in [0.2, 0.25) is 15.9 Å². The summed E-state index contributed by atoms with van der Waals surface area (Å²) in [5.74, 6) is -0.0475. The molecule has 29 heavy (non-hydrogen) atoms. The Morgan fingerprint density at radius 1 is 1.10 bits per heavy atom. The highest BCUT2D eigenvalue weighted by molar-refractivity contribution is 7.89. The zero-order chi connectivity index (χ0) is 21.6. The number of benzene rings is 2. The molecule has 0 aliphatic rings. The van der Waals surface area contributed by atoms with Gasteiger partial charge in [-0.15, -0.1) is 0 Å². The van der Waals surface area contributed by atoms with Gasteiger partial charge in [-0.25, -0.2) is 17.1 Å². The van der Waals surface area contributed by atoms with E-state index in [2.05, 4.69) is 5.32 Å². The summed E-state index contributed by atoms with van der Waals surface area (Å²) in [5.41, 5.74) is 1.02. The molecule has 0 unspecified atom stereocenters. The maximum atomic E-state index is 12.9. The van der Waals surface area contributed by atoms with Gasteiger partial charge in [0.05, 0.1) is 11.4 Å². The van der Waals surface area contributed by atoms with Crippen LogP contribution in [0.1, 0.15) is 5.56 Å². The first-order valence-electron chi connectivity index (χ1n) is 8.99. The summed E-state index contributed by atoms with van der Waals surface area (Å²) in [4.78, 5) is 14.2. The Kier molecular flexibility index (Phi) is 7.72. The molecule has 0 aromatic heterocycles. The number of hydrogen-bond acceptors (Lipinski definition) is 5. The van der Waals surface area contributed by atoms with Crippen LogP contribution in [0.25, 0.3) is 0 Å². The van der Waals surface area contributed by atoms with Crippen LogP contribution in [0.4, 0.5) is 10.1 Å². The van der Waals surface area contributed by atoms with Crippen LogP contribution in [0.5, 0.6) is 5.75 Å². The van der Waals surface area contributed by atoms with E-state index in [1.54, 1.807) is 43.1 Å². The lowest BCUT2D eigenvalue weighted by molar-refractivity contribution is -0.117. The molecule has 7 nitrogen and oxygen atoms in total. The van der Waals surface area contributed by atoms with Crippen LogP contribution in [0.15, 0.2) is 47.4 Å². The lowest BCUT2D eigenvalue weighted by atomic mass is 10.2. The molecular formula is C20H26FN3O4S. The summed E-state index contributed by atoms with van der Waals surface area (Å²) in [5, 5.41) is 2.72. The predicted molar refractivity (Wildman–Crippen MR) is 110 cm³/mol. The Morgan fingerprint density at radius 2 is 1.76 bits per heavy atom. The van der Waals surface area contributed by atoms with Crippen molar-refractivity contribution in [2.24, 2.45) is 0 Å². The lowest BCUT2D eigenvalue weighted by Crippen LogP contribution is -2.33. The van der Waals surface area contributed by atoms with Gasteiger partial charge in [-0.05, 0) is 55.9 Å². The van der Waals surface area contributed by atoms with Gasteiger partial charge in [0.25, 0.3) is 0 Å². The molecule has 158 valence electrons. The SMILES string of the molecule is Cc1ccc(NC(=O)CN(C)CCOc2ccc(F)cc2)cc1S(=O)(=O)N(C)C. The van der Waals surface area contributed by atoms with E-state index < -0.39 is 10.0 Å². The van der Waals surface area contributed by atoms with Crippen molar-refractivity contribution in [2.75, 3.05) is 46.2 Å². The van der Waals surface area contributed by atoms with Gasteiger partial charge in [-0.1, -0.05) is 6.07 Å². The van der Waals surface area contributed by atoms with Crippen LogP contribution in [-0.4, -0.2) is 64.4 Å². The quantitative estimate of drug-likeness (QED) is 0.670. The molecule has 2 aromatic rings. The normalized spacial score (nSPS) is 11.7. The maximum absolute atomic E-state index is 12.9. The van der Waals surface area contributed by atoms with Gasteiger partial charge in [0.15, 0.2) is 0 Å². The van der Waals surface area contributed by atoms with Crippen LogP contribution in [0, 0.1) is 12.7 Å². The van der Waals surface area contributed by atoms with Crippen LogP contribution in [-0.2, 0) is 14.8 Å². The van der Waals surface area contributed by atoms with E-state index in [-0.39, 0.29) is 23.2 Å². The molecule has 1 N–H and O–H groups in total. The summed E-state index contributed by atoms with van der Waals surface area (Å²) < 4.78 is 44.3. The Balaban J connectivity index is 1.89. The van der Waals surface area contributed by atoms with Crippen LogP contribution < -0.4 is 10.1 Å². The fourth-order valence-corrected chi connectivity index (χ4v) is 3.67. The van der Waals surface area contributed by atoms with Crippen molar-refractivity contribution >= 4 is 21.6 Å². The summed E-state index contributed by atoms with van der Waals surface area (Å²) in [6.45, 7) is 2.64. The van der Waals surface area contributed by atoms with Crippen molar-refractivity contribution in [3.63, 3.8) is 0 Å². The van der Waals surface area contributed by atoms with E-state index in [0.717, 1.165) is 4.31 Å². The molecule has 1 amide bonds. The van der Waals surface area contributed by atoms with Gasteiger partial charge < -0.3 is 10.1 Å². The Bertz CT molecular complexity index is 947. The van der Waals surface area contributed by atoms with Gasteiger partial charge >= 0.3 is 0 Å². The number of carbonyl (C=O) groups is 1. The number of sulfonamides is 1. The van der Waals surface area contributed by atoms with Gasteiger partial charge in [0, 0.05) is 26.3 Å². The molecule has 0 saturated carbocycles. The summed E-state index contributed by atoms with van der Waals surface area (Å²) in [6, 6.07) is 10.5. The molecule has 0 bridgehead atoms. The second-order valence-corrected chi connectivity index (χ2v) is 8.98.